The molecule has 2 N–H and O–H groups in total. The molecule has 5 heterocycles. The van der Waals surface area contributed by atoms with E-state index in [9.17, 15) is 39.9 Å². The summed E-state index contributed by atoms with van der Waals surface area (Å²) in [4.78, 5) is 20.2. The smallest absolute Gasteiger partial charge is 0.395 e. The molecule has 21 heteroatoms. The standard InChI is InChI=1S/C19H9ClF4N2O3.C19H11ClF4N2O2.C4H8O.B/c20-11-7-15-14(28-19(23,24)29-15)6-10(11)9-4-5-16(25-8-9)26-18(27)17-12(21)2-1-3-13(17)22;20-13-7-17-16(27-19(23,24)28-17)6-11(13)10-4-5-18(25-8-10)26-9-12-14(21)2-1-3-15(12)22;1-2-4-5-3-1;/h1-8H,(H,25,26,27);1-8H,9H2,(H,25,26);1-4H2;. The summed E-state index contributed by atoms with van der Waals surface area (Å²) in [5.74, 6) is -4.65. The Labute approximate surface area is 364 Å². The summed E-state index contributed by atoms with van der Waals surface area (Å²) >= 11 is 12.3. The maximum atomic E-state index is 13.7. The van der Waals surface area contributed by atoms with Crippen molar-refractivity contribution < 1.29 is 63.6 Å². The second kappa shape index (κ2) is 19.4. The number of benzene rings is 4. The monoisotopic (exact) mass is 917 g/mol. The first kappa shape index (κ1) is 46.2. The van der Waals surface area contributed by atoms with E-state index in [1.807, 2.05) is 0 Å². The Morgan fingerprint density at radius 1 is 0.619 bits per heavy atom. The SMILES string of the molecule is C1CCOC1.Fc1cccc(F)c1CNc1ccc(-c2cc3c(cc2Cl)OC(F)(F)O3)cn1.O=C(Nc1ccc(-c2cc3c(cc2Cl)OC(F)(F)O3)cn1)c1c(F)cccc1F.[B]. The zero-order valence-electron chi connectivity index (χ0n) is 32.0. The van der Waals surface area contributed by atoms with Crippen molar-refractivity contribution in [3.8, 4) is 45.3 Å². The third kappa shape index (κ3) is 11.2. The number of amides is 1. The predicted octanol–water partition coefficient (Wildman–Crippen LogP) is 11.3. The molecule has 0 saturated carbocycles. The third-order valence-corrected chi connectivity index (χ3v) is 9.52. The number of ether oxygens (including phenoxy) is 5. The van der Waals surface area contributed by atoms with Crippen molar-refractivity contribution in [2.45, 2.75) is 32.0 Å². The van der Waals surface area contributed by atoms with Crippen LogP contribution in [0.25, 0.3) is 22.3 Å². The maximum absolute atomic E-state index is 13.7. The Morgan fingerprint density at radius 2 is 1.05 bits per heavy atom. The van der Waals surface area contributed by atoms with Gasteiger partial charge in [-0.15, -0.1) is 17.6 Å². The number of carbonyl (C=O) groups is 1. The summed E-state index contributed by atoms with van der Waals surface area (Å²) in [6.07, 6.45) is -2.21. The molecule has 0 bridgehead atoms. The molecule has 325 valence electrons. The summed E-state index contributed by atoms with van der Waals surface area (Å²) in [7, 11) is 0. The molecule has 3 radical (unpaired) electrons. The quantitative estimate of drug-likeness (QED) is 0.119. The van der Waals surface area contributed by atoms with Crippen LogP contribution in [-0.2, 0) is 11.3 Å². The first-order valence-electron chi connectivity index (χ1n) is 18.2. The fourth-order valence-electron chi connectivity index (χ4n) is 5.95. The van der Waals surface area contributed by atoms with Gasteiger partial charge in [0.2, 0.25) is 0 Å². The van der Waals surface area contributed by atoms with Crippen LogP contribution in [0.4, 0.5) is 46.8 Å². The van der Waals surface area contributed by atoms with E-state index >= 15 is 0 Å². The summed E-state index contributed by atoms with van der Waals surface area (Å²) in [6.45, 7) is 1.91. The number of halogens is 10. The number of pyridine rings is 2. The lowest BCUT2D eigenvalue weighted by atomic mass is 10.1. The van der Waals surface area contributed by atoms with Crippen LogP contribution in [-0.4, -0.2) is 50.1 Å². The van der Waals surface area contributed by atoms with Crippen molar-refractivity contribution in [3.63, 3.8) is 0 Å². The summed E-state index contributed by atoms with van der Waals surface area (Å²) in [5.41, 5.74) is 0.866. The molecule has 0 unspecified atom stereocenters. The van der Waals surface area contributed by atoms with Crippen LogP contribution in [0.2, 0.25) is 10.0 Å². The van der Waals surface area contributed by atoms with Crippen molar-refractivity contribution in [1.82, 2.24) is 9.97 Å². The molecule has 1 amide bonds. The number of alkyl halides is 4. The fraction of sp³-hybridized carbons (Fsp3) is 0.167. The van der Waals surface area contributed by atoms with E-state index < -0.39 is 47.3 Å². The van der Waals surface area contributed by atoms with Gasteiger partial charge >= 0.3 is 12.6 Å². The molecular formula is C42H28BCl2F8N4O6. The van der Waals surface area contributed by atoms with Gasteiger partial charge in [0.25, 0.3) is 5.91 Å². The minimum Gasteiger partial charge on any atom is -0.395 e. The van der Waals surface area contributed by atoms with Gasteiger partial charge in [-0.3, -0.25) is 4.79 Å². The van der Waals surface area contributed by atoms with Gasteiger partial charge in [0.15, 0.2) is 23.0 Å². The highest BCUT2D eigenvalue weighted by Crippen LogP contribution is 2.47. The van der Waals surface area contributed by atoms with Crippen LogP contribution in [0.1, 0.15) is 28.8 Å². The number of aromatic nitrogens is 2. The second-order valence-electron chi connectivity index (χ2n) is 13.2. The normalized spacial score (nSPS) is 14.6. The van der Waals surface area contributed by atoms with E-state index in [-0.39, 0.29) is 59.4 Å². The molecule has 3 aliphatic heterocycles. The number of nitrogens with one attached hydrogen (secondary N) is 2. The van der Waals surface area contributed by atoms with Crippen LogP contribution in [0.15, 0.2) is 97.3 Å². The van der Waals surface area contributed by atoms with Crippen LogP contribution >= 0.6 is 23.2 Å². The van der Waals surface area contributed by atoms with E-state index in [0.29, 0.717) is 28.1 Å². The van der Waals surface area contributed by atoms with Crippen LogP contribution in [0, 0.1) is 23.3 Å². The Hall–Kier alpha value is -6.31. The Kier molecular flexibility index (Phi) is 14.2. The predicted molar refractivity (Wildman–Crippen MR) is 216 cm³/mol. The Balaban J connectivity index is 0.000000186. The number of anilines is 2. The highest BCUT2D eigenvalue weighted by molar-refractivity contribution is 6.34. The number of carbonyl (C=O) groups excluding carboxylic acids is 1. The van der Waals surface area contributed by atoms with Gasteiger partial charge < -0.3 is 34.3 Å². The van der Waals surface area contributed by atoms with E-state index in [0.717, 1.165) is 31.4 Å². The molecule has 4 aromatic carbocycles. The van der Waals surface area contributed by atoms with Crippen LogP contribution in [0.3, 0.4) is 0 Å². The average Bonchev–Trinajstić information content (AvgIpc) is 3.97. The van der Waals surface area contributed by atoms with Crippen molar-refractivity contribution >= 4 is 49.2 Å². The number of hydrogen-bond donors (Lipinski definition) is 2. The summed E-state index contributed by atoms with van der Waals surface area (Å²) in [5, 5.41) is 5.38. The van der Waals surface area contributed by atoms with Crippen LogP contribution < -0.4 is 29.6 Å². The van der Waals surface area contributed by atoms with E-state index in [4.69, 9.17) is 27.9 Å². The Morgan fingerprint density at radius 3 is 1.46 bits per heavy atom. The lowest BCUT2D eigenvalue weighted by molar-refractivity contribution is -0.287. The van der Waals surface area contributed by atoms with E-state index in [1.54, 1.807) is 12.1 Å². The molecule has 0 spiro atoms. The average molecular weight is 918 g/mol. The molecule has 63 heavy (non-hydrogen) atoms. The maximum Gasteiger partial charge on any atom is 0.586 e. The fourth-order valence-corrected chi connectivity index (χ4v) is 6.48. The topological polar surface area (TPSA) is 113 Å². The lowest BCUT2D eigenvalue weighted by Crippen LogP contribution is -2.25. The minimum absolute atomic E-state index is 0. The summed E-state index contributed by atoms with van der Waals surface area (Å²) < 4.78 is 130. The van der Waals surface area contributed by atoms with E-state index in [2.05, 4.69) is 39.5 Å². The number of hydrogen-bond acceptors (Lipinski definition) is 9. The van der Waals surface area contributed by atoms with Crippen molar-refractivity contribution in [1.29, 1.82) is 0 Å². The van der Waals surface area contributed by atoms with Gasteiger partial charge in [-0.05, 0) is 73.5 Å². The molecule has 9 rings (SSSR count). The molecule has 1 fully saturated rings. The molecular weight excluding hydrogens is 890 g/mol. The van der Waals surface area contributed by atoms with Crippen molar-refractivity contribution in [3.05, 3.63) is 142 Å². The molecule has 10 nitrogen and oxygen atoms in total. The molecule has 2 aromatic heterocycles. The van der Waals surface area contributed by atoms with Gasteiger partial charge in [-0.25, -0.2) is 27.5 Å². The minimum atomic E-state index is -3.78. The zero-order valence-corrected chi connectivity index (χ0v) is 33.5. The number of nitrogens with zero attached hydrogens (tertiary/aromatic N) is 2. The highest BCUT2D eigenvalue weighted by atomic mass is 35.5. The molecule has 1 saturated heterocycles. The largest absolute Gasteiger partial charge is 0.586 e. The van der Waals surface area contributed by atoms with Crippen LogP contribution in [0.5, 0.6) is 23.0 Å². The number of rotatable bonds is 7. The van der Waals surface area contributed by atoms with Crippen molar-refractivity contribution in [2.75, 3.05) is 23.8 Å². The van der Waals surface area contributed by atoms with Gasteiger partial charge in [0.1, 0.15) is 40.5 Å². The molecule has 6 aromatic rings. The Bertz CT molecular complexity index is 2570. The first-order chi connectivity index (χ1) is 29.6. The zero-order chi connectivity index (χ0) is 44.2. The summed E-state index contributed by atoms with van der Waals surface area (Å²) in [6, 6.07) is 17.8. The van der Waals surface area contributed by atoms with E-state index in [1.165, 1.54) is 79.8 Å². The van der Waals surface area contributed by atoms with Gasteiger partial charge in [0.05, 0.1) is 10.0 Å². The first-order valence-corrected chi connectivity index (χ1v) is 18.9. The van der Waals surface area contributed by atoms with Gasteiger partial charge in [0, 0.05) is 80.5 Å². The molecule has 0 aliphatic carbocycles. The van der Waals surface area contributed by atoms with Crippen molar-refractivity contribution in [2.24, 2.45) is 0 Å². The molecule has 3 aliphatic rings. The third-order valence-electron chi connectivity index (χ3n) is 8.90. The highest BCUT2D eigenvalue weighted by Gasteiger charge is 2.45. The number of fused-ring (bicyclic) bond motifs is 2. The second-order valence-corrected chi connectivity index (χ2v) is 14.0. The molecule has 0 atom stereocenters. The van der Waals surface area contributed by atoms with Gasteiger partial charge in [-0.2, -0.15) is 0 Å². The lowest BCUT2D eigenvalue weighted by Gasteiger charge is -2.09. The van der Waals surface area contributed by atoms with Gasteiger partial charge in [-0.1, -0.05) is 35.3 Å².